The highest BCUT2D eigenvalue weighted by atomic mass is 16.6. The van der Waals surface area contributed by atoms with Gasteiger partial charge in [0.2, 0.25) is 23.6 Å². The van der Waals surface area contributed by atoms with Crippen LogP contribution in [0.5, 0.6) is 5.75 Å². The number of nitrogens with zero attached hydrogens (tertiary/aromatic N) is 8. The number of nitro benzene ring substituents is 4. The summed E-state index contributed by atoms with van der Waals surface area (Å²) < 4.78 is 5.51. The van der Waals surface area contributed by atoms with E-state index < -0.39 is 113 Å². The van der Waals surface area contributed by atoms with Crippen molar-refractivity contribution >= 4 is 69.1 Å². The van der Waals surface area contributed by atoms with Gasteiger partial charge in [-0.15, -0.1) is 0 Å². The van der Waals surface area contributed by atoms with Crippen LogP contribution in [-0.4, -0.2) is 89.8 Å². The van der Waals surface area contributed by atoms with E-state index in [9.17, 15) is 64.7 Å². The van der Waals surface area contributed by atoms with E-state index in [1.54, 1.807) is 30.3 Å². The molecule has 60 heavy (non-hydrogen) atoms. The first-order valence-corrected chi connectivity index (χ1v) is 18.5. The normalized spacial score (nSPS) is 23.1. The minimum Gasteiger partial charge on any atom is -0.491 e. The largest absolute Gasteiger partial charge is 0.491 e. The number of aliphatic hydroxyl groups excluding tert-OH is 1. The Morgan fingerprint density at radius 3 is 1.50 bits per heavy atom. The minimum absolute atomic E-state index is 0.0204. The van der Waals surface area contributed by atoms with E-state index in [4.69, 9.17) is 4.74 Å². The second-order valence-corrected chi connectivity index (χ2v) is 15.2. The molecule has 2 heterocycles. The van der Waals surface area contributed by atoms with Gasteiger partial charge in [0, 0.05) is 58.4 Å². The van der Waals surface area contributed by atoms with Gasteiger partial charge in [-0.2, -0.15) is 0 Å². The molecule has 2 aliphatic carbocycles. The fourth-order valence-corrected chi connectivity index (χ4v) is 9.32. The van der Waals surface area contributed by atoms with Crippen LogP contribution in [0.15, 0.2) is 60.2 Å². The molecule has 1 saturated carbocycles. The molecule has 0 radical (unpaired) electrons. The Balaban J connectivity index is 1.35. The van der Waals surface area contributed by atoms with Crippen molar-refractivity contribution in [2.75, 3.05) is 61.0 Å². The zero-order valence-electron chi connectivity index (χ0n) is 32.3. The van der Waals surface area contributed by atoms with Gasteiger partial charge in [0.25, 0.3) is 0 Å². The van der Waals surface area contributed by atoms with Crippen LogP contribution >= 0.6 is 0 Å². The van der Waals surface area contributed by atoms with Gasteiger partial charge in [0.1, 0.15) is 12.4 Å². The molecule has 4 amide bonds. The lowest BCUT2D eigenvalue weighted by molar-refractivity contribution is -0.392. The van der Waals surface area contributed by atoms with E-state index in [0.717, 1.165) is 24.3 Å². The van der Waals surface area contributed by atoms with Crippen LogP contribution in [0.2, 0.25) is 0 Å². The number of nitro groups is 4. The lowest BCUT2D eigenvalue weighted by Crippen LogP contribution is -2.43. The van der Waals surface area contributed by atoms with Crippen molar-refractivity contribution in [2.45, 2.75) is 18.8 Å². The number of amides is 4. The molecular weight excluding hydrogens is 792 g/mol. The predicted octanol–water partition coefficient (Wildman–Crippen LogP) is 3.87. The van der Waals surface area contributed by atoms with Crippen LogP contribution < -0.4 is 24.3 Å². The zero-order valence-corrected chi connectivity index (χ0v) is 32.3. The predicted molar refractivity (Wildman–Crippen MR) is 210 cm³/mol. The van der Waals surface area contributed by atoms with Gasteiger partial charge in [-0.1, -0.05) is 23.8 Å². The molecule has 2 saturated heterocycles. The van der Waals surface area contributed by atoms with Crippen LogP contribution in [-0.2, 0) is 19.2 Å². The quantitative estimate of drug-likeness (QED) is 0.117. The lowest BCUT2D eigenvalue weighted by atomic mass is 9.57. The Kier molecular flexibility index (Phi) is 10.3. The molecule has 2 aliphatic heterocycles. The van der Waals surface area contributed by atoms with E-state index >= 15 is 0 Å². The first kappa shape index (κ1) is 40.8. The number of carbonyl (C=O) groups excluding carboxylic acids is 4. The molecule has 3 fully saturated rings. The Hall–Kier alpha value is -7.36. The topological polar surface area (TPSA) is 283 Å². The SMILES string of the molecule is CN(C)c1c([N+](=O)[O-])cc(N2C(=O)[C@H]3[C@H](CC=C4[C@H]3C[C@H]3C(=O)N(c5cc([N+](=O)[O-])c(N(C)C)c([N+](=O)[O-])c5)C(=O)[C@H]3[C@H]4c3ccc(OCCO)cc3)C2=O)cc1[N+](=O)[O-]. The number of hydrogen-bond acceptors (Lipinski definition) is 16. The molecular formula is C38H36N8O14. The number of fused-ring (bicyclic) bond motifs is 4. The fourth-order valence-electron chi connectivity index (χ4n) is 9.32. The lowest BCUT2D eigenvalue weighted by Gasteiger charge is -2.44. The Morgan fingerprint density at radius 1 is 0.650 bits per heavy atom. The van der Waals surface area contributed by atoms with Crippen molar-refractivity contribution in [1.82, 2.24) is 0 Å². The minimum atomic E-state index is -1.21. The molecule has 0 unspecified atom stereocenters. The number of hydrogen-bond donors (Lipinski definition) is 1. The number of anilines is 4. The number of rotatable bonds is 12. The van der Waals surface area contributed by atoms with E-state index in [0.29, 0.717) is 26.7 Å². The van der Waals surface area contributed by atoms with Gasteiger partial charge in [-0.05, 0) is 36.5 Å². The van der Waals surface area contributed by atoms with Crippen LogP contribution in [0.4, 0.5) is 45.5 Å². The summed E-state index contributed by atoms with van der Waals surface area (Å²) in [6.07, 6.45) is 1.48. The maximum Gasteiger partial charge on any atom is 0.301 e. The maximum absolute atomic E-state index is 14.7. The van der Waals surface area contributed by atoms with Gasteiger partial charge in [0.05, 0.1) is 61.3 Å². The molecule has 6 atom stereocenters. The van der Waals surface area contributed by atoms with Crippen molar-refractivity contribution in [3.05, 3.63) is 106 Å². The molecule has 1 N–H and O–H groups in total. The van der Waals surface area contributed by atoms with Gasteiger partial charge in [-0.25, -0.2) is 9.80 Å². The molecule has 7 rings (SSSR count). The third-order valence-corrected chi connectivity index (χ3v) is 11.6. The van der Waals surface area contributed by atoms with Crippen LogP contribution in [0.1, 0.15) is 24.3 Å². The molecule has 0 aromatic heterocycles. The summed E-state index contributed by atoms with van der Waals surface area (Å²) in [6.45, 7) is -0.290. The van der Waals surface area contributed by atoms with Crippen molar-refractivity contribution in [3.63, 3.8) is 0 Å². The van der Waals surface area contributed by atoms with Crippen molar-refractivity contribution in [3.8, 4) is 5.75 Å². The molecule has 312 valence electrons. The van der Waals surface area contributed by atoms with Crippen molar-refractivity contribution < 1.29 is 48.7 Å². The third-order valence-electron chi connectivity index (χ3n) is 11.6. The van der Waals surface area contributed by atoms with Crippen LogP contribution in [0.25, 0.3) is 0 Å². The van der Waals surface area contributed by atoms with Gasteiger partial charge >= 0.3 is 22.7 Å². The highest BCUT2D eigenvalue weighted by Gasteiger charge is 2.62. The van der Waals surface area contributed by atoms with Crippen LogP contribution in [0, 0.1) is 70.0 Å². The summed E-state index contributed by atoms with van der Waals surface area (Å²) in [6, 6.07) is 10.1. The number of carbonyl (C=O) groups is 4. The van der Waals surface area contributed by atoms with E-state index in [2.05, 4.69) is 0 Å². The summed E-state index contributed by atoms with van der Waals surface area (Å²) in [5.74, 6) is -9.37. The molecule has 4 aliphatic rings. The molecule has 0 bridgehead atoms. The first-order valence-electron chi connectivity index (χ1n) is 18.5. The third kappa shape index (κ3) is 6.40. The van der Waals surface area contributed by atoms with Gasteiger partial charge < -0.3 is 19.6 Å². The molecule has 22 nitrogen and oxygen atoms in total. The number of benzene rings is 3. The van der Waals surface area contributed by atoms with E-state index in [-0.39, 0.29) is 37.4 Å². The zero-order chi connectivity index (χ0) is 43.6. The average molecular weight is 829 g/mol. The molecule has 3 aromatic carbocycles. The smallest absolute Gasteiger partial charge is 0.301 e. The maximum atomic E-state index is 14.7. The second-order valence-electron chi connectivity index (χ2n) is 15.2. The number of ether oxygens (including phenoxy) is 1. The summed E-state index contributed by atoms with van der Waals surface area (Å²) in [4.78, 5) is 107. The summed E-state index contributed by atoms with van der Waals surface area (Å²) >= 11 is 0. The number of aliphatic hydroxyl groups is 1. The molecule has 0 spiro atoms. The summed E-state index contributed by atoms with van der Waals surface area (Å²) in [5.41, 5.74) is -3.43. The Labute approximate surface area is 338 Å². The standard InChI is InChI=1S/C38H36N8O14/c1-39(2)33-26(43(52)53)13-19(14-27(33)44(54)55)41-35(48)23-10-9-22-24(31(23)37(41)50)17-25-32(30(22)18-5-7-21(8-6-18)60-12-11-47)38(51)42(36(25)49)20-15-28(45(56)57)34(40(3)4)29(16-20)46(58)59/h5-9,13-16,23-25,30-32,47H,10-12,17H2,1-4H3/t23-,24+,25+,30-,31-,32+/m0/s1. The second kappa shape index (κ2) is 15.1. The first-order chi connectivity index (χ1) is 28.4. The van der Waals surface area contributed by atoms with E-state index in [1.165, 1.54) is 38.0 Å². The highest BCUT2D eigenvalue weighted by molar-refractivity contribution is 6.24. The highest BCUT2D eigenvalue weighted by Crippen LogP contribution is 2.59. The number of allylic oxidation sites excluding steroid dienone is 2. The van der Waals surface area contributed by atoms with Gasteiger partial charge in [0.15, 0.2) is 11.4 Å². The average Bonchev–Trinajstić information content (AvgIpc) is 3.61. The van der Waals surface area contributed by atoms with Crippen molar-refractivity contribution in [2.24, 2.45) is 29.6 Å². The molecule has 22 heteroatoms. The van der Waals surface area contributed by atoms with Crippen LogP contribution in [0.3, 0.4) is 0 Å². The monoisotopic (exact) mass is 828 g/mol. The summed E-state index contributed by atoms with van der Waals surface area (Å²) in [7, 11) is 5.45. The van der Waals surface area contributed by atoms with Gasteiger partial charge in [-0.3, -0.25) is 59.6 Å². The Morgan fingerprint density at radius 2 is 1.08 bits per heavy atom. The Bertz CT molecular complexity index is 2380. The van der Waals surface area contributed by atoms with Crippen molar-refractivity contribution in [1.29, 1.82) is 0 Å². The van der Waals surface area contributed by atoms with E-state index in [1.807, 2.05) is 0 Å². The summed E-state index contributed by atoms with van der Waals surface area (Å²) in [5, 5.41) is 58.0. The molecule has 3 aromatic rings. The fraction of sp³-hybridized carbons (Fsp3) is 0.368. The number of imide groups is 2.